The Bertz CT molecular complexity index is 874. The van der Waals surface area contributed by atoms with Crippen LogP contribution in [0.1, 0.15) is 42.7 Å². The monoisotopic (exact) mass is 377 g/mol. The van der Waals surface area contributed by atoms with Crippen LogP contribution >= 0.6 is 0 Å². The molecule has 0 radical (unpaired) electrons. The highest BCUT2D eigenvalue weighted by molar-refractivity contribution is 5.83. The molecule has 1 amide bonds. The Hall–Kier alpha value is -2.20. The van der Waals surface area contributed by atoms with E-state index in [1.54, 1.807) is 7.05 Å². The summed E-state index contributed by atoms with van der Waals surface area (Å²) >= 11 is 0. The van der Waals surface area contributed by atoms with Crippen molar-refractivity contribution in [3.8, 4) is 0 Å². The first-order chi connectivity index (χ1) is 13.4. The van der Waals surface area contributed by atoms with Crippen molar-refractivity contribution in [1.82, 2.24) is 15.2 Å². The molecular formula is C24H31N3O. The molecule has 28 heavy (non-hydrogen) atoms. The largest absolute Gasteiger partial charge is 0.359 e. The molecule has 4 nitrogen and oxygen atoms in total. The van der Waals surface area contributed by atoms with E-state index >= 15 is 0 Å². The molecule has 4 heteroatoms. The average Bonchev–Trinajstić information content (AvgIpc) is 2.71. The molecule has 0 saturated carbocycles. The van der Waals surface area contributed by atoms with Gasteiger partial charge in [0.1, 0.15) is 0 Å². The van der Waals surface area contributed by atoms with Crippen LogP contribution in [0.3, 0.4) is 0 Å². The number of pyridine rings is 1. The first-order valence-electron chi connectivity index (χ1n) is 10.3. The Balaban J connectivity index is 1.66. The summed E-state index contributed by atoms with van der Waals surface area (Å²) in [5.41, 5.74) is 4.64. The van der Waals surface area contributed by atoms with Crippen molar-refractivity contribution in [3.63, 3.8) is 0 Å². The number of amides is 1. The highest BCUT2D eigenvalue weighted by Gasteiger charge is 2.52. The van der Waals surface area contributed by atoms with Crippen LogP contribution in [0.15, 0.2) is 42.6 Å². The summed E-state index contributed by atoms with van der Waals surface area (Å²) in [6.45, 7) is 8.44. The lowest BCUT2D eigenvalue weighted by Crippen LogP contribution is -2.60. The van der Waals surface area contributed by atoms with Gasteiger partial charge in [0.15, 0.2) is 0 Å². The predicted molar refractivity (Wildman–Crippen MR) is 112 cm³/mol. The van der Waals surface area contributed by atoms with E-state index in [9.17, 15) is 4.79 Å². The molecular weight excluding hydrogens is 346 g/mol. The quantitative estimate of drug-likeness (QED) is 0.891. The first kappa shape index (κ1) is 19.1. The molecule has 2 atom stereocenters. The van der Waals surface area contributed by atoms with Gasteiger partial charge in [-0.15, -0.1) is 0 Å². The molecule has 2 aromatic rings. The summed E-state index contributed by atoms with van der Waals surface area (Å²) in [6.07, 6.45) is 4.73. The number of nitrogens with one attached hydrogen (secondary N) is 1. The van der Waals surface area contributed by atoms with Crippen molar-refractivity contribution in [2.45, 2.75) is 45.6 Å². The van der Waals surface area contributed by atoms with Crippen LogP contribution in [0, 0.1) is 18.3 Å². The number of nitrogens with zero attached hydrogens (tertiary/aromatic N) is 2. The number of aryl methyl sites for hydroxylation is 1. The van der Waals surface area contributed by atoms with Crippen LogP contribution in [-0.2, 0) is 23.2 Å². The standard InChI is InChI=1S/C24H31N3O/c1-17-9-10-20(15-26-17)23(2,3)27-12-11-24(22(28)25-4)14-19-8-6-5-7-18(19)13-21(24)16-27/h5-10,15,21H,11-14,16H2,1-4H3,(H,25,28). The Labute approximate surface area is 168 Å². The third-order valence-corrected chi connectivity index (χ3v) is 7.23. The minimum Gasteiger partial charge on any atom is -0.359 e. The number of rotatable bonds is 3. The van der Waals surface area contributed by atoms with E-state index in [4.69, 9.17) is 0 Å². The van der Waals surface area contributed by atoms with E-state index < -0.39 is 0 Å². The van der Waals surface area contributed by atoms with E-state index in [-0.39, 0.29) is 16.9 Å². The summed E-state index contributed by atoms with van der Waals surface area (Å²) in [5.74, 6) is 0.537. The van der Waals surface area contributed by atoms with Crippen molar-refractivity contribution in [2.24, 2.45) is 11.3 Å². The van der Waals surface area contributed by atoms with E-state index in [0.717, 1.165) is 38.0 Å². The van der Waals surface area contributed by atoms with Crippen molar-refractivity contribution in [3.05, 3.63) is 65.0 Å². The Morgan fingerprint density at radius 2 is 1.96 bits per heavy atom. The van der Waals surface area contributed by atoms with E-state index in [0.29, 0.717) is 5.92 Å². The second-order valence-electron chi connectivity index (χ2n) is 9.03. The zero-order valence-electron chi connectivity index (χ0n) is 17.5. The molecule has 2 aliphatic rings. The fourth-order valence-electron chi connectivity index (χ4n) is 5.25. The van der Waals surface area contributed by atoms with Gasteiger partial charge in [0, 0.05) is 37.6 Å². The SMILES string of the molecule is CNC(=O)C12CCN(C(C)(C)c3ccc(C)nc3)CC1Cc1ccccc1C2. The number of aromatic nitrogens is 1. The summed E-state index contributed by atoms with van der Waals surface area (Å²) in [6, 6.07) is 12.9. The number of hydrogen-bond donors (Lipinski definition) is 1. The van der Waals surface area contributed by atoms with Gasteiger partial charge < -0.3 is 5.32 Å². The van der Waals surface area contributed by atoms with Gasteiger partial charge in [-0.1, -0.05) is 30.3 Å². The van der Waals surface area contributed by atoms with Crippen LogP contribution in [0.2, 0.25) is 0 Å². The van der Waals surface area contributed by atoms with Crippen molar-refractivity contribution < 1.29 is 4.79 Å². The highest BCUT2D eigenvalue weighted by atomic mass is 16.2. The van der Waals surface area contributed by atoms with E-state index in [1.807, 2.05) is 13.1 Å². The molecule has 1 aromatic carbocycles. The van der Waals surface area contributed by atoms with Crippen molar-refractivity contribution >= 4 is 5.91 Å². The van der Waals surface area contributed by atoms with Gasteiger partial charge in [-0.05, 0) is 68.7 Å². The summed E-state index contributed by atoms with van der Waals surface area (Å²) in [5, 5.41) is 2.98. The minimum absolute atomic E-state index is 0.105. The third kappa shape index (κ3) is 3.04. The lowest BCUT2D eigenvalue weighted by atomic mass is 9.60. The number of hydrogen-bond acceptors (Lipinski definition) is 3. The zero-order valence-corrected chi connectivity index (χ0v) is 17.5. The maximum Gasteiger partial charge on any atom is 0.226 e. The molecule has 2 unspecified atom stereocenters. The number of benzene rings is 1. The second kappa shape index (κ2) is 7.00. The van der Waals surface area contributed by atoms with Crippen molar-refractivity contribution in [1.29, 1.82) is 0 Å². The number of piperidine rings is 1. The number of carbonyl (C=O) groups is 1. The fourth-order valence-corrected chi connectivity index (χ4v) is 5.25. The Morgan fingerprint density at radius 1 is 1.21 bits per heavy atom. The van der Waals surface area contributed by atoms with Crippen LogP contribution in [0.5, 0.6) is 0 Å². The highest BCUT2D eigenvalue weighted by Crippen LogP contribution is 2.48. The number of likely N-dealkylation sites (tertiary alicyclic amines) is 1. The minimum atomic E-state index is -0.290. The zero-order chi connectivity index (χ0) is 19.9. The summed E-state index contributed by atoms with van der Waals surface area (Å²) in [4.78, 5) is 20.1. The fraction of sp³-hybridized carbons (Fsp3) is 0.500. The van der Waals surface area contributed by atoms with Crippen molar-refractivity contribution in [2.75, 3.05) is 20.1 Å². The van der Waals surface area contributed by atoms with Gasteiger partial charge in [0.2, 0.25) is 5.91 Å². The molecule has 1 N–H and O–H groups in total. The molecule has 1 aliphatic heterocycles. The molecule has 0 spiro atoms. The lowest BCUT2D eigenvalue weighted by molar-refractivity contribution is -0.140. The normalized spacial score (nSPS) is 24.9. The molecule has 4 rings (SSSR count). The van der Waals surface area contributed by atoms with E-state index in [1.165, 1.54) is 16.7 Å². The smallest absolute Gasteiger partial charge is 0.226 e. The van der Waals surface area contributed by atoms with Crippen LogP contribution in [0.4, 0.5) is 0 Å². The van der Waals surface area contributed by atoms with Gasteiger partial charge >= 0.3 is 0 Å². The maximum atomic E-state index is 13.1. The molecule has 2 heterocycles. The number of fused-ring (bicyclic) bond motifs is 2. The van der Waals surface area contributed by atoms with Gasteiger partial charge in [-0.3, -0.25) is 14.7 Å². The lowest BCUT2D eigenvalue weighted by Gasteiger charge is -2.53. The first-order valence-corrected chi connectivity index (χ1v) is 10.3. The van der Waals surface area contributed by atoms with Gasteiger partial charge in [-0.2, -0.15) is 0 Å². The summed E-state index contributed by atoms with van der Waals surface area (Å²) in [7, 11) is 1.78. The topological polar surface area (TPSA) is 45.2 Å². The van der Waals surface area contributed by atoms with Gasteiger partial charge in [-0.25, -0.2) is 0 Å². The molecule has 148 valence electrons. The molecule has 1 aliphatic carbocycles. The van der Waals surface area contributed by atoms with Crippen LogP contribution < -0.4 is 5.32 Å². The van der Waals surface area contributed by atoms with Gasteiger partial charge in [0.05, 0.1) is 5.41 Å². The second-order valence-corrected chi connectivity index (χ2v) is 9.03. The van der Waals surface area contributed by atoms with Crippen LogP contribution in [-0.4, -0.2) is 35.9 Å². The predicted octanol–water partition coefficient (Wildman–Crippen LogP) is 3.48. The Kier molecular flexibility index (Phi) is 4.78. The maximum absolute atomic E-state index is 13.1. The average molecular weight is 378 g/mol. The van der Waals surface area contributed by atoms with Gasteiger partial charge in [0.25, 0.3) is 0 Å². The molecule has 1 aromatic heterocycles. The van der Waals surface area contributed by atoms with E-state index in [2.05, 4.69) is 65.4 Å². The number of carbonyl (C=O) groups excluding carboxylic acids is 1. The van der Waals surface area contributed by atoms with Crippen LogP contribution in [0.25, 0.3) is 0 Å². The Morgan fingerprint density at radius 3 is 2.64 bits per heavy atom. The molecule has 0 bridgehead atoms. The summed E-state index contributed by atoms with van der Waals surface area (Å²) < 4.78 is 0. The third-order valence-electron chi connectivity index (χ3n) is 7.23. The molecule has 1 saturated heterocycles. The molecule has 1 fully saturated rings.